The quantitative estimate of drug-likeness (QED) is 0.466. The second kappa shape index (κ2) is 8.01. The topological polar surface area (TPSA) is 43.6 Å². The van der Waals surface area contributed by atoms with Crippen LogP contribution in [-0.2, 0) is 6.42 Å². The van der Waals surface area contributed by atoms with Crippen LogP contribution >= 0.6 is 11.3 Å². The maximum absolute atomic E-state index is 13.7. The summed E-state index contributed by atoms with van der Waals surface area (Å²) in [4.78, 5) is 19.5. The second-order valence-electron chi connectivity index (χ2n) is 8.28. The molecule has 1 atom stereocenters. The minimum atomic E-state index is -0.221. The maximum atomic E-state index is 13.7. The van der Waals surface area contributed by atoms with E-state index in [2.05, 4.69) is 36.4 Å². The third-order valence-corrected chi connectivity index (χ3v) is 7.36. The normalized spacial score (nSPS) is 17.1. The van der Waals surface area contributed by atoms with E-state index in [1.165, 1.54) is 22.5 Å². The smallest absolute Gasteiger partial charge is 0.271 e. The first-order valence-electron chi connectivity index (χ1n) is 11.0. The first-order chi connectivity index (χ1) is 16.2. The summed E-state index contributed by atoms with van der Waals surface area (Å²) in [5.41, 5.74) is 6.80. The Morgan fingerprint density at radius 1 is 0.970 bits per heavy atom. The van der Waals surface area contributed by atoms with E-state index in [1.807, 2.05) is 53.1 Å². The van der Waals surface area contributed by atoms with Crippen molar-refractivity contribution in [3.05, 3.63) is 127 Å². The SMILES string of the molecule is COc1ccc(C2C3=C(CCc4ccccc43)N=c3s/c(=C\c4ccccc4)c(=O)n32)cc1. The van der Waals surface area contributed by atoms with E-state index in [0.717, 1.165) is 45.8 Å². The van der Waals surface area contributed by atoms with Gasteiger partial charge in [0, 0.05) is 5.57 Å². The molecule has 162 valence electrons. The van der Waals surface area contributed by atoms with Gasteiger partial charge in [0.1, 0.15) is 5.75 Å². The molecule has 5 heteroatoms. The molecule has 0 amide bonds. The van der Waals surface area contributed by atoms with Gasteiger partial charge in [0.15, 0.2) is 4.80 Å². The maximum Gasteiger partial charge on any atom is 0.271 e. The number of benzene rings is 3. The van der Waals surface area contributed by atoms with Crippen molar-refractivity contribution in [1.29, 1.82) is 0 Å². The number of hydrogen-bond donors (Lipinski definition) is 0. The molecular weight excluding hydrogens is 428 g/mol. The van der Waals surface area contributed by atoms with E-state index in [4.69, 9.17) is 9.73 Å². The van der Waals surface area contributed by atoms with Crippen molar-refractivity contribution in [2.45, 2.75) is 18.9 Å². The Balaban J connectivity index is 1.62. The highest BCUT2D eigenvalue weighted by atomic mass is 32.1. The zero-order valence-electron chi connectivity index (χ0n) is 18.2. The molecule has 0 N–H and O–H groups in total. The lowest BCUT2D eigenvalue weighted by atomic mass is 9.82. The predicted molar refractivity (Wildman–Crippen MR) is 132 cm³/mol. The number of allylic oxidation sites excluding steroid dienone is 2. The average Bonchev–Trinajstić information content (AvgIpc) is 3.17. The number of nitrogens with zero attached hydrogens (tertiary/aromatic N) is 2. The number of hydrogen-bond acceptors (Lipinski definition) is 4. The van der Waals surface area contributed by atoms with Crippen molar-refractivity contribution in [2.75, 3.05) is 7.11 Å². The van der Waals surface area contributed by atoms with Crippen molar-refractivity contribution in [3.8, 4) is 5.75 Å². The molecular formula is C28H22N2O2S. The van der Waals surface area contributed by atoms with Crippen molar-refractivity contribution in [2.24, 2.45) is 4.99 Å². The van der Waals surface area contributed by atoms with Gasteiger partial charge in [-0.2, -0.15) is 0 Å². The Morgan fingerprint density at radius 3 is 2.52 bits per heavy atom. The number of methoxy groups -OCH3 is 1. The van der Waals surface area contributed by atoms with E-state index in [9.17, 15) is 4.79 Å². The van der Waals surface area contributed by atoms with Crippen LogP contribution in [-0.4, -0.2) is 11.7 Å². The zero-order valence-corrected chi connectivity index (χ0v) is 19.0. The molecule has 2 heterocycles. The van der Waals surface area contributed by atoms with Crippen LogP contribution in [0.15, 0.2) is 94.3 Å². The van der Waals surface area contributed by atoms with Crippen molar-refractivity contribution < 1.29 is 4.74 Å². The lowest BCUT2D eigenvalue weighted by molar-refractivity contribution is 0.414. The fourth-order valence-electron chi connectivity index (χ4n) is 4.80. The largest absolute Gasteiger partial charge is 0.497 e. The van der Waals surface area contributed by atoms with Gasteiger partial charge in [0.05, 0.1) is 23.4 Å². The monoisotopic (exact) mass is 450 g/mol. The minimum Gasteiger partial charge on any atom is -0.497 e. The van der Waals surface area contributed by atoms with Crippen LogP contribution in [0.4, 0.5) is 0 Å². The van der Waals surface area contributed by atoms with Gasteiger partial charge in [0.2, 0.25) is 0 Å². The van der Waals surface area contributed by atoms with Gasteiger partial charge in [-0.25, -0.2) is 4.99 Å². The molecule has 33 heavy (non-hydrogen) atoms. The second-order valence-corrected chi connectivity index (χ2v) is 9.29. The van der Waals surface area contributed by atoms with Crippen LogP contribution in [0.3, 0.4) is 0 Å². The predicted octanol–water partition coefficient (Wildman–Crippen LogP) is 4.33. The first kappa shape index (κ1) is 19.9. The van der Waals surface area contributed by atoms with Gasteiger partial charge < -0.3 is 4.74 Å². The lowest BCUT2D eigenvalue weighted by Crippen LogP contribution is -2.38. The molecule has 0 radical (unpaired) electrons. The number of ether oxygens (including phenoxy) is 1. The third-order valence-electron chi connectivity index (χ3n) is 6.38. The summed E-state index contributed by atoms with van der Waals surface area (Å²) < 4.78 is 7.96. The van der Waals surface area contributed by atoms with E-state index >= 15 is 0 Å². The highest BCUT2D eigenvalue weighted by molar-refractivity contribution is 7.07. The van der Waals surface area contributed by atoms with Gasteiger partial charge in [-0.1, -0.05) is 78.1 Å². The van der Waals surface area contributed by atoms with Crippen LogP contribution in [0, 0.1) is 0 Å². The molecule has 1 aromatic heterocycles. The fourth-order valence-corrected chi connectivity index (χ4v) is 5.82. The van der Waals surface area contributed by atoms with Crippen molar-refractivity contribution in [1.82, 2.24) is 4.57 Å². The number of aryl methyl sites for hydroxylation is 1. The summed E-state index contributed by atoms with van der Waals surface area (Å²) in [6, 6.07) is 26.3. The number of thiazole rings is 1. The molecule has 1 aliphatic carbocycles. The Bertz CT molecular complexity index is 1560. The molecule has 1 aliphatic heterocycles. The van der Waals surface area contributed by atoms with Crippen molar-refractivity contribution >= 4 is 23.0 Å². The average molecular weight is 451 g/mol. The van der Waals surface area contributed by atoms with E-state index in [0.29, 0.717) is 4.53 Å². The van der Waals surface area contributed by atoms with Gasteiger partial charge in [-0.3, -0.25) is 9.36 Å². The van der Waals surface area contributed by atoms with Crippen LogP contribution in [0.25, 0.3) is 11.6 Å². The van der Waals surface area contributed by atoms with E-state index < -0.39 is 0 Å². The fraction of sp³-hybridized carbons (Fsp3) is 0.143. The molecule has 0 fully saturated rings. The molecule has 0 saturated carbocycles. The van der Waals surface area contributed by atoms with Gasteiger partial charge >= 0.3 is 0 Å². The summed E-state index contributed by atoms with van der Waals surface area (Å²) in [6.45, 7) is 0. The van der Waals surface area contributed by atoms with Crippen LogP contribution in [0.1, 0.15) is 34.7 Å². The highest BCUT2D eigenvalue weighted by Gasteiger charge is 2.33. The molecule has 0 bridgehead atoms. The Labute approximate surface area is 195 Å². The summed E-state index contributed by atoms with van der Waals surface area (Å²) in [5, 5.41) is 0. The van der Waals surface area contributed by atoms with Gasteiger partial charge in [-0.15, -0.1) is 0 Å². The minimum absolute atomic E-state index is 0.00183. The third kappa shape index (κ3) is 3.36. The summed E-state index contributed by atoms with van der Waals surface area (Å²) in [5.74, 6) is 0.800. The Hall–Kier alpha value is -3.70. The molecule has 4 nitrogen and oxygen atoms in total. The first-order valence-corrected chi connectivity index (χ1v) is 11.9. The van der Waals surface area contributed by atoms with Crippen LogP contribution in [0.2, 0.25) is 0 Å². The Morgan fingerprint density at radius 2 is 1.73 bits per heavy atom. The van der Waals surface area contributed by atoms with E-state index in [1.54, 1.807) is 7.11 Å². The van der Waals surface area contributed by atoms with Crippen molar-refractivity contribution in [3.63, 3.8) is 0 Å². The van der Waals surface area contributed by atoms with Gasteiger partial charge in [-0.05, 0) is 53.3 Å². The number of fused-ring (bicyclic) bond motifs is 3. The summed E-state index contributed by atoms with van der Waals surface area (Å²) >= 11 is 1.47. The molecule has 0 spiro atoms. The number of aromatic nitrogens is 1. The molecule has 4 aromatic rings. The van der Waals surface area contributed by atoms with E-state index in [-0.39, 0.29) is 11.6 Å². The van der Waals surface area contributed by atoms with Crippen LogP contribution in [0.5, 0.6) is 5.75 Å². The molecule has 2 aliphatic rings. The molecule has 0 saturated heterocycles. The van der Waals surface area contributed by atoms with Crippen LogP contribution < -0.4 is 19.6 Å². The zero-order chi connectivity index (χ0) is 22.4. The van der Waals surface area contributed by atoms with Gasteiger partial charge in [0.25, 0.3) is 5.56 Å². The molecule has 6 rings (SSSR count). The Kier molecular flexibility index (Phi) is 4.84. The number of rotatable bonds is 3. The summed E-state index contributed by atoms with van der Waals surface area (Å²) in [7, 11) is 1.67. The highest BCUT2D eigenvalue weighted by Crippen LogP contribution is 2.42. The molecule has 1 unspecified atom stereocenters. The standard InChI is InChI=1S/C28H22N2O2S/c1-32-21-14-11-20(12-15-21)26-25-22-10-6-5-9-19(22)13-16-23(25)29-28-30(26)27(31)24(33-28)17-18-7-3-2-4-8-18/h2-12,14-15,17,26H,13,16H2,1H3/b24-17-. The molecule has 3 aromatic carbocycles. The lowest BCUT2D eigenvalue weighted by Gasteiger charge is -2.31. The summed E-state index contributed by atoms with van der Waals surface area (Å²) in [6.07, 6.45) is 3.81.